The largest absolute Gasteiger partial charge is 0.121 e. The Morgan fingerprint density at radius 2 is 1.72 bits per heavy atom. The molecule has 0 amide bonds. The fraction of sp³-hybridized carbons (Fsp3) is 0.625. The number of hydrogen-bond acceptors (Lipinski definition) is 0. The van der Waals surface area contributed by atoms with Gasteiger partial charge in [-0.25, -0.2) is 0 Å². The highest BCUT2D eigenvalue weighted by molar-refractivity contribution is 6.33. The van der Waals surface area contributed by atoms with Gasteiger partial charge in [-0.15, -0.1) is 23.2 Å². The van der Waals surface area contributed by atoms with Crippen molar-refractivity contribution in [1.82, 2.24) is 0 Å². The van der Waals surface area contributed by atoms with Crippen molar-refractivity contribution >= 4 is 23.2 Å². The van der Waals surface area contributed by atoms with E-state index < -0.39 is 0 Å². The van der Waals surface area contributed by atoms with E-state index in [2.05, 4.69) is 51.1 Å². The van der Waals surface area contributed by atoms with E-state index in [1.165, 1.54) is 12.0 Å². The van der Waals surface area contributed by atoms with Crippen molar-refractivity contribution < 1.29 is 0 Å². The van der Waals surface area contributed by atoms with Crippen molar-refractivity contribution in [3.05, 3.63) is 35.9 Å². The number of rotatable bonds is 1. The lowest BCUT2D eigenvalue weighted by atomic mass is 9.35. The third-order valence-electron chi connectivity index (χ3n) is 5.85. The van der Waals surface area contributed by atoms with E-state index >= 15 is 0 Å². The van der Waals surface area contributed by atoms with Crippen LogP contribution in [0.4, 0.5) is 0 Å². The molecule has 2 heteroatoms. The summed E-state index contributed by atoms with van der Waals surface area (Å²) in [5.41, 5.74) is 1.60. The number of benzene rings is 1. The fourth-order valence-corrected chi connectivity index (χ4v) is 5.47. The molecule has 0 N–H and O–H groups in total. The quantitative estimate of drug-likeness (QED) is 0.638. The normalized spacial score (nSPS) is 45.4. The molecule has 0 saturated heterocycles. The van der Waals surface area contributed by atoms with Gasteiger partial charge in [0.2, 0.25) is 0 Å². The van der Waals surface area contributed by atoms with Gasteiger partial charge in [0.15, 0.2) is 0 Å². The van der Waals surface area contributed by atoms with Gasteiger partial charge in [-0.2, -0.15) is 0 Å². The third-order valence-corrected chi connectivity index (χ3v) is 7.17. The van der Waals surface area contributed by atoms with Gasteiger partial charge in [0, 0.05) is 5.41 Å². The molecule has 0 heterocycles. The molecule has 3 aliphatic rings. The molecule has 0 radical (unpaired) electrons. The van der Waals surface area contributed by atoms with Crippen LogP contribution >= 0.6 is 23.2 Å². The summed E-state index contributed by atoms with van der Waals surface area (Å²) in [5, 5.41) is 0.0612. The van der Waals surface area contributed by atoms with E-state index in [0.717, 1.165) is 6.42 Å². The van der Waals surface area contributed by atoms with E-state index in [1.807, 2.05) is 0 Å². The second-order valence-electron chi connectivity index (χ2n) is 6.67. The average Bonchev–Trinajstić information content (AvgIpc) is 2.32. The van der Waals surface area contributed by atoms with Gasteiger partial charge in [0.25, 0.3) is 0 Å². The van der Waals surface area contributed by atoms with Crippen LogP contribution < -0.4 is 0 Å². The Labute approximate surface area is 120 Å². The van der Waals surface area contributed by atoms with Crippen LogP contribution in [0, 0.1) is 11.3 Å². The molecule has 4 rings (SSSR count). The molecule has 3 aliphatic carbocycles. The summed E-state index contributed by atoms with van der Waals surface area (Å²) in [6, 6.07) is 10.7. The van der Waals surface area contributed by atoms with Crippen molar-refractivity contribution in [3.8, 4) is 0 Å². The molecule has 98 valence electrons. The molecule has 0 nitrogen and oxygen atoms in total. The summed E-state index contributed by atoms with van der Waals surface area (Å²) in [6.45, 7) is 6.85. The van der Waals surface area contributed by atoms with Crippen LogP contribution in [0.25, 0.3) is 0 Å². The van der Waals surface area contributed by atoms with Crippen molar-refractivity contribution in [2.45, 2.75) is 49.3 Å². The topological polar surface area (TPSA) is 0 Å². The first kappa shape index (κ1) is 12.8. The molecule has 2 bridgehead atoms. The predicted octanol–water partition coefficient (Wildman–Crippen LogP) is 4.98. The Kier molecular flexibility index (Phi) is 2.61. The molecule has 3 fully saturated rings. The molecular weight excluding hydrogens is 263 g/mol. The highest BCUT2D eigenvalue weighted by Gasteiger charge is 2.73. The van der Waals surface area contributed by atoms with Crippen LogP contribution in [0.3, 0.4) is 0 Å². The molecule has 18 heavy (non-hydrogen) atoms. The minimum Gasteiger partial charge on any atom is -0.121 e. The molecule has 1 aromatic carbocycles. The SMILES string of the molecule is CC1(C)C2CC(Cl)C(C)(Cl)C1(c1ccccc1)C2. The summed E-state index contributed by atoms with van der Waals surface area (Å²) < 4.78 is 0. The van der Waals surface area contributed by atoms with Crippen LogP contribution in [0.1, 0.15) is 39.2 Å². The van der Waals surface area contributed by atoms with Crippen LogP contribution in [-0.4, -0.2) is 10.3 Å². The number of halogens is 2. The monoisotopic (exact) mass is 282 g/mol. The zero-order chi connectivity index (χ0) is 13.2. The highest BCUT2D eigenvalue weighted by atomic mass is 35.5. The molecular formula is C16H20Cl2. The van der Waals surface area contributed by atoms with Crippen molar-refractivity contribution in [2.75, 3.05) is 0 Å². The summed E-state index contributed by atoms with van der Waals surface area (Å²) in [6.07, 6.45) is 2.22. The first-order valence-corrected chi connectivity index (χ1v) is 7.54. The minimum absolute atomic E-state index is 0.0121. The van der Waals surface area contributed by atoms with E-state index in [-0.39, 0.29) is 21.1 Å². The highest BCUT2D eigenvalue weighted by Crippen LogP contribution is 2.73. The summed E-state index contributed by atoms with van der Waals surface area (Å²) >= 11 is 13.5. The Morgan fingerprint density at radius 3 is 2.28 bits per heavy atom. The maximum atomic E-state index is 6.95. The van der Waals surface area contributed by atoms with Crippen LogP contribution in [-0.2, 0) is 5.41 Å². The van der Waals surface area contributed by atoms with Gasteiger partial charge >= 0.3 is 0 Å². The van der Waals surface area contributed by atoms with Crippen molar-refractivity contribution in [1.29, 1.82) is 0 Å². The molecule has 0 aliphatic heterocycles. The van der Waals surface area contributed by atoms with Crippen molar-refractivity contribution in [3.63, 3.8) is 0 Å². The Bertz CT molecular complexity index is 463. The fourth-order valence-electron chi connectivity index (χ4n) is 4.55. The lowest BCUT2D eigenvalue weighted by Gasteiger charge is -2.72. The maximum Gasteiger partial charge on any atom is 0.0683 e. The molecule has 0 aromatic heterocycles. The Morgan fingerprint density at radius 1 is 1.11 bits per heavy atom. The summed E-state index contributed by atoms with van der Waals surface area (Å²) in [7, 11) is 0. The first-order chi connectivity index (χ1) is 8.34. The molecule has 1 aromatic rings. The molecule has 0 spiro atoms. The Balaban J connectivity index is 2.18. The molecule has 3 saturated carbocycles. The van der Waals surface area contributed by atoms with Gasteiger partial charge in [-0.05, 0) is 36.7 Å². The van der Waals surface area contributed by atoms with E-state index in [0.29, 0.717) is 5.92 Å². The van der Waals surface area contributed by atoms with Crippen LogP contribution in [0.2, 0.25) is 0 Å². The van der Waals surface area contributed by atoms with E-state index in [4.69, 9.17) is 23.2 Å². The molecule has 4 unspecified atom stereocenters. The van der Waals surface area contributed by atoms with Gasteiger partial charge in [0.1, 0.15) is 0 Å². The Hall–Kier alpha value is -0.200. The lowest BCUT2D eigenvalue weighted by molar-refractivity contribution is -0.120. The zero-order valence-corrected chi connectivity index (χ0v) is 12.7. The maximum absolute atomic E-state index is 6.95. The number of fused-ring (bicyclic) bond motifs is 2. The third kappa shape index (κ3) is 1.24. The second-order valence-corrected chi connectivity index (χ2v) is 7.98. The predicted molar refractivity (Wildman–Crippen MR) is 78.5 cm³/mol. The zero-order valence-electron chi connectivity index (χ0n) is 11.2. The van der Waals surface area contributed by atoms with Gasteiger partial charge in [0.05, 0.1) is 10.3 Å². The average molecular weight is 283 g/mol. The number of alkyl halides is 2. The summed E-state index contributed by atoms with van der Waals surface area (Å²) in [4.78, 5) is -0.367. The summed E-state index contributed by atoms with van der Waals surface area (Å²) in [5.74, 6) is 0.701. The van der Waals surface area contributed by atoms with Gasteiger partial charge in [-0.1, -0.05) is 44.2 Å². The van der Waals surface area contributed by atoms with Gasteiger partial charge in [-0.3, -0.25) is 0 Å². The first-order valence-electron chi connectivity index (χ1n) is 6.72. The minimum atomic E-state index is -0.367. The van der Waals surface area contributed by atoms with Crippen molar-refractivity contribution in [2.24, 2.45) is 11.3 Å². The molecule has 4 atom stereocenters. The smallest absolute Gasteiger partial charge is 0.0683 e. The second kappa shape index (κ2) is 3.67. The van der Waals surface area contributed by atoms with E-state index in [1.54, 1.807) is 0 Å². The van der Waals surface area contributed by atoms with E-state index in [9.17, 15) is 0 Å². The van der Waals surface area contributed by atoms with Crippen LogP contribution in [0.15, 0.2) is 30.3 Å². The standard InChI is InChI=1S/C16H20Cl2/c1-14(2)12-9-13(17)15(3,18)16(14,10-12)11-7-5-4-6-8-11/h4-8,12-13H,9-10H2,1-3H3. The lowest BCUT2D eigenvalue weighted by Crippen LogP contribution is -2.73. The number of hydrogen-bond donors (Lipinski definition) is 0. The van der Waals surface area contributed by atoms with Crippen LogP contribution in [0.5, 0.6) is 0 Å². The van der Waals surface area contributed by atoms with Gasteiger partial charge < -0.3 is 0 Å².